The Hall–Kier alpha value is -0.450. The van der Waals surface area contributed by atoms with Crippen LogP contribution in [0.5, 0.6) is 0 Å². The molecule has 0 aliphatic heterocycles. The van der Waals surface area contributed by atoms with E-state index in [-0.39, 0.29) is 6.10 Å². The van der Waals surface area contributed by atoms with Crippen molar-refractivity contribution < 1.29 is 4.74 Å². The van der Waals surface area contributed by atoms with Gasteiger partial charge in [0.2, 0.25) is 0 Å². The van der Waals surface area contributed by atoms with Crippen LogP contribution in [-0.4, -0.2) is 30.3 Å². The van der Waals surface area contributed by atoms with E-state index in [1.165, 1.54) is 5.69 Å². The van der Waals surface area contributed by atoms with Gasteiger partial charge >= 0.3 is 0 Å². The average Bonchev–Trinajstić information content (AvgIpc) is 2.71. The Balaban J connectivity index is 2.63. The minimum Gasteiger partial charge on any atom is -0.377 e. The second-order valence-corrected chi connectivity index (χ2v) is 5.19. The predicted molar refractivity (Wildman–Crippen MR) is 73.7 cm³/mol. The van der Waals surface area contributed by atoms with Gasteiger partial charge in [-0.1, -0.05) is 13.8 Å². The molecule has 4 heteroatoms. The molecule has 3 nitrogen and oxygen atoms in total. The summed E-state index contributed by atoms with van der Waals surface area (Å²) in [5.41, 5.74) is 1.18. The van der Waals surface area contributed by atoms with Gasteiger partial charge in [-0.2, -0.15) is 0 Å². The number of aryl methyl sites for hydroxylation is 1. The molecule has 0 spiro atoms. The summed E-state index contributed by atoms with van der Waals surface area (Å²) in [7, 11) is 0. The summed E-state index contributed by atoms with van der Waals surface area (Å²) in [6.45, 7) is 10.2. The highest BCUT2D eigenvalue weighted by Crippen LogP contribution is 2.14. The van der Waals surface area contributed by atoms with Crippen molar-refractivity contribution in [2.45, 2.75) is 52.7 Å². The zero-order valence-electron chi connectivity index (χ0n) is 11.3. The maximum Gasteiger partial charge on any atom is 0.0897 e. The van der Waals surface area contributed by atoms with Crippen molar-refractivity contribution in [3.8, 4) is 0 Å². The van der Waals surface area contributed by atoms with Gasteiger partial charge in [-0.15, -0.1) is 11.3 Å². The Kier molecular flexibility index (Phi) is 6.70. The molecule has 0 aliphatic carbocycles. The first-order valence-corrected chi connectivity index (χ1v) is 7.35. The number of rotatable bonds is 8. The van der Waals surface area contributed by atoms with E-state index in [2.05, 4.69) is 43.4 Å². The highest BCUT2D eigenvalue weighted by Gasteiger charge is 2.20. The van der Waals surface area contributed by atoms with Crippen LogP contribution in [0.3, 0.4) is 0 Å². The van der Waals surface area contributed by atoms with Crippen LogP contribution in [0.2, 0.25) is 0 Å². The maximum absolute atomic E-state index is 5.80. The molecule has 0 aromatic carbocycles. The Morgan fingerprint density at radius 2 is 2.18 bits per heavy atom. The van der Waals surface area contributed by atoms with E-state index in [9.17, 15) is 0 Å². The van der Waals surface area contributed by atoms with Crippen LogP contribution in [0.1, 0.15) is 37.9 Å². The van der Waals surface area contributed by atoms with Crippen molar-refractivity contribution >= 4 is 11.3 Å². The zero-order chi connectivity index (χ0) is 12.7. The number of hydrogen-bond acceptors (Lipinski definition) is 4. The second-order valence-electron chi connectivity index (χ2n) is 4.13. The van der Waals surface area contributed by atoms with Crippen LogP contribution in [-0.2, 0) is 11.2 Å². The molecule has 0 saturated carbocycles. The molecule has 1 aromatic heterocycles. The van der Waals surface area contributed by atoms with Gasteiger partial charge in [-0.3, -0.25) is 0 Å². The van der Waals surface area contributed by atoms with Crippen molar-refractivity contribution in [3.05, 3.63) is 16.1 Å². The lowest BCUT2D eigenvalue weighted by atomic mass is 10.0. The summed E-state index contributed by atoms with van der Waals surface area (Å²) in [6.07, 6.45) is 2.27. The van der Waals surface area contributed by atoms with Crippen LogP contribution in [0.25, 0.3) is 0 Å². The molecule has 2 unspecified atom stereocenters. The lowest BCUT2D eigenvalue weighted by molar-refractivity contribution is 0.0321. The Morgan fingerprint density at radius 1 is 1.41 bits per heavy atom. The SMILES string of the molecule is CCNC(Cc1csc(C)n1)C(CC)OCC. The third kappa shape index (κ3) is 4.74. The molecule has 0 radical (unpaired) electrons. The smallest absolute Gasteiger partial charge is 0.0897 e. The third-order valence-corrected chi connectivity index (χ3v) is 3.62. The van der Waals surface area contributed by atoms with Gasteiger partial charge in [-0.25, -0.2) is 4.98 Å². The largest absolute Gasteiger partial charge is 0.377 e. The van der Waals surface area contributed by atoms with Crippen LogP contribution >= 0.6 is 11.3 Å². The Morgan fingerprint density at radius 3 is 2.65 bits per heavy atom. The number of nitrogens with one attached hydrogen (secondary N) is 1. The quantitative estimate of drug-likeness (QED) is 0.776. The maximum atomic E-state index is 5.80. The van der Waals surface area contributed by atoms with E-state index in [0.29, 0.717) is 6.04 Å². The zero-order valence-corrected chi connectivity index (χ0v) is 12.1. The summed E-state index contributed by atoms with van der Waals surface area (Å²) in [4.78, 5) is 4.53. The van der Waals surface area contributed by atoms with Crippen LogP contribution in [0, 0.1) is 6.92 Å². The van der Waals surface area contributed by atoms with E-state index in [4.69, 9.17) is 4.74 Å². The van der Waals surface area contributed by atoms with Gasteiger partial charge in [0.15, 0.2) is 0 Å². The summed E-state index contributed by atoms with van der Waals surface area (Å²) >= 11 is 1.72. The number of nitrogens with zero attached hydrogens (tertiary/aromatic N) is 1. The molecule has 2 atom stereocenters. The van der Waals surface area contributed by atoms with Gasteiger partial charge in [0.25, 0.3) is 0 Å². The Bertz CT molecular complexity index is 314. The second kappa shape index (κ2) is 7.80. The molecule has 98 valence electrons. The number of likely N-dealkylation sites (N-methyl/N-ethyl adjacent to an activating group) is 1. The lowest BCUT2D eigenvalue weighted by Gasteiger charge is -2.26. The lowest BCUT2D eigenvalue weighted by Crippen LogP contribution is -2.42. The van der Waals surface area contributed by atoms with Gasteiger partial charge in [-0.05, 0) is 26.8 Å². The van der Waals surface area contributed by atoms with Gasteiger partial charge in [0, 0.05) is 24.4 Å². The average molecular weight is 256 g/mol. The first kappa shape index (κ1) is 14.6. The van der Waals surface area contributed by atoms with Crippen molar-refractivity contribution in [1.82, 2.24) is 10.3 Å². The van der Waals surface area contributed by atoms with E-state index in [0.717, 1.165) is 31.0 Å². The molecule has 0 fully saturated rings. The fourth-order valence-electron chi connectivity index (χ4n) is 2.06. The topological polar surface area (TPSA) is 34.2 Å². The molecule has 17 heavy (non-hydrogen) atoms. The number of ether oxygens (including phenoxy) is 1. The highest BCUT2D eigenvalue weighted by molar-refractivity contribution is 7.09. The molecule has 0 saturated heterocycles. The first-order chi connectivity index (χ1) is 8.21. The summed E-state index contributed by atoms with van der Waals surface area (Å²) < 4.78 is 5.80. The molecule has 1 aromatic rings. The van der Waals surface area contributed by atoms with Crippen LogP contribution < -0.4 is 5.32 Å². The van der Waals surface area contributed by atoms with Crippen molar-refractivity contribution in [1.29, 1.82) is 0 Å². The van der Waals surface area contributed by atoms with Gasteiger partial charge in [0.05, 0.1) is 16.8 Å². The summed E-state index contributed by atoms with van der Waals surface area (Å²) in [5.74, 6) is 0. The van der Waals surface area contributed by atoms with E-state index >= 15 is 0 Å². The molecular formula is C13H24N2OS. The number of aromatic nitrogens is 1. The number of thiazole rings is 1. The van der Waals surface area contributed by atoms with Crippen molar-refractivity contribution in [2.24, 2.45) is 0 Å². The van der Waals surface area contributed by atoms with Crippen molar-refractivity contribution in [2.75, 3.05) is 13.2 Å². The normalized spacial score (nSPS) is 14.8. The molecule has 1 heterocycles. The molecule has 0 amide bonds. The predicted octanol–water partition coefficient (Wildman–Crippen LogP) is 2.79. The minimum atomic E-state index is 0.280. The van der Waals surface area contributed by atoms with E-state index in [1.54, 1.807) is 11.3 Å². The minimum absolute atomic E-state index is 0.280. The Labute approximate surface area is 109 Å². The fraction of sp³-hybridized carbons (Fsp3) is 0.769. The summed E-state index contributed by atoms with van der Waals surface area (Å²) in [5, 5.41) is 6.81. The molecule has 1 N–H and O–H groups in total. The van der Waals surface area contributed by atoms with Crippen LogP contribution in [0.4, 0.5) is 0 Å². The fourth-order valence-corrected chi connectivity index (χ4v) is 2.68. The first-order valence-electron chi connectivity index (χ1n) is 6.47. The van der Waals surface area contributed by atoms with E-state index in [1.807, 2.05) is 0 Å². The van der Waals surface area contributed by atoms with E-state index < -0.39 is 0 Å². The summed E-state index contributed by atoms with van der Waals surface area (Å²) in [6, 6.07) is 0.367. The third-order valence-electron chi connectivity index (χ3n) is 2.79. The molecule has 1 rings (SSSR count). The van der Waals surface area contributed by atoms with Crippen LogP contribution in [0.15, 0.2) is 5.38 Å². The molecular weight excluding hydrogens is 232 g/mol. The van der Waals surface area contributed by atoms with Gasteiger partial charge in [0.1, 0.15) is 0 Å². The van der Waals surface area contributed by atoms with Gasteiger partial charge < -0.3 is 10.1 Å². The van der Waals surface area contributed by atoms with Crippen molar-refractivity contribution in [3.63, 3.8) is 0 Å². The standard InChI is InChI=1S/C13H24N2OS/c1-5-13(16-7-3)12(14-6-2)8-11-9-17-10(4)15-11/h9,12-14H,5-8H2,1-4H3. The molecule has 0 aliphatic rings. The molecule has 0 bridgehead atoms. The number of hydrogen-bond donors (Lipinski definition) is 1. The monoisotopic (exact) mass is 256 g/mol. The highest BCUT2D eigenvalue weighted by atomic mass is 32.1.